The number of aliphatic hydroxyl groups excluding tert-OH is 1. The standard InChI is InChI=1S/C16H20F3NO2/c1-2-3-12(21)9-20-15(22)14-8-13(14)10-4-6-11(7-5-10)16(17,18)19/h4-7,12-14,21H,2-3,8-9H2,1H3,(H,20,22). The van der Waals surface area contributed by atoms with Crippen LogP contribution in [0, 0.1) is 5.92 Å². The van der Waals surface area contributed by atoms with Gasteiger partial charge in [-0.1, -0.05) is 25.5 Å². The average molecular weight is 315 g/mol. The van der Waals surface area contributed by atoms with Crippen LogP contribution < -0.4 is 5.32 Å². The maximum atomic E-state index is 12.5. The number of aliphatic hydroxyl groups is 1. The molecule has 2 rings (SSSR count). The van der Waals surface area contributed by atoms with Crippen LogP contribution in [0.15, 0.2) is 24.3 Å². The highest BCUT2D eigenvalue weighted by Crippen LogP contribution is 2.47. The van der Waals surface area contributed by atoms with Crippen molar-refractivity contribution in [3.63, 3.8) is 0 Å². The van der Waals surface area contributed by atoms with E-state index in [1.54, 1.807) is 0 Å². The Balaban J connectivity index is 1.85. The van der Waals surface area contributed by atoms with Gasteiger partial charge in [0.15, 0.2) is 0 Å². The largest absolute Gasteiger partial charge is 0.416 e. The van der Waals surface area contributed by atoms with Gasteiger partial charge in [0.2, 0.25) is 5.91 Å². The van der Waals surface area contributed by atoms with E-state index in [-0.39, 0.29) is 24.3 Å². The molecule has 3 unspecified atom stereocenters. The lowest BCUT2D eigenvalue weighted by Gasteiger charge is -2.11. The number of nitrogens with one attached hydrogen (secondary N) is 1. The monoisotopic (exact) mass is 315 g/mol. The first kappa shape index (κ1) is 16.8. The lowest BCUT2D eigenvalue weighted by Crippen LogP contribution is -2.33. The summed E-state index contributed by atoms with van der Waals surface area (Å²) in [5.41, 5.74) is 0.0721. The molecule has 0 spiro atoms. The first-order chi connectivity index (χ1) is 10.3. The lowest BCUT2D eigenvalue weighted by molar-refractivity contribution is -0.137. The number of carbonyl (C=O) groups is 1. The smallest absolute Gasteiger partial charge is 0.391 e. The van der Waals surface area contributed by atoms with E-state index in [0.29, 0.717) is 12.8 Å². The molecule has 6 heteroatoms. The van der Waals surface area contributed by atoms with Crippen LogP contribution in [0.5, 0.6) is 0 Å². The van der Waals surface area contributed by atoms with Crippen LogP contribution >= 0.6 is 0 Å². The molecule has 0 saturated heterocycles. The van der Waals surface area contributed by atoms with Crippen LogP contribution in [-0.4, -0.2) is 23.7 Å². The molecule has 0 heterocycles. The number of hydrogen-bond donors (Lipinski definition) is 2. The molecule has 1 amide bonds. The predicted octanol–water partition coefficient (Wildman–Crippen LogP) is 3.09. The number of hydrogen-bond acceptors (Lipinski definition) is 2. The third-order valence-corrected chi connectivity index (χ3v) is 3.93. The van der Waals surface area contributed by atoms with Gasteiger partial charge in [-0.15, -0.1) is 0 Å². The van der Waals surface area contributed by atoms with Crippen molar-refractivity contribution in [1.29, 1.82) is 0 Å². The Morgan fingerprint density at radius 1 is 1.36 bits per heavy atom. The Bertz CT molecular complexity index is 513. The van der Waals surface area contributed by atoms with Gasteiger partial charge in [-0.3, -0.25) is 4.79 Å². The summed E-state index contributed by atoms with van der Waals surface area (Å²) in [5, 5.41) is 12.3. The van der Waals surface area contributed by atoms with Crippen molar-refractivity contribution < 1.29 is 23.1 Å². The van der Waals surface area contributed by atoms with E-state index < -0.39 is 17.8 Å². The van der Waals surface area contributed by atoms with Crippen molar-refractivity contribution in [3.8, 4) is 0 Å². The molecule has 3 nitrogen and oxygen atoms in total. The first-order valence-corrected chi connectivity index (χ1v) is 7.45. The van der Waals surface area contributed by atoms with Gasteiger partial charge in [0.05, 0.1) is 11.7 Å². The lowest BCUT2D eigenvalue weighted by atomic mass is 10.1. The van der Waals surface area contributed by atoms with Gasteiger partial charge in [-0.2, -0.15) is 13.2 Å². The molecule has 122 valence electrons. The fraction of sp³-hybridized carbons (Fsp3) is 0.562. The Morgan fingerprint density at radius 3 is 2.55 bits per heavy atom. The van der Waals surface area contributed by atoms with Gasteiger partial charge in [-0.25, -0.2) is 0 Å². The van der Waals surface area contributed by atoms with Gasteiger partial charge < -0.3 is 10.4 Å². The molecule has 1 aromatic rings. The van der Waals surface area contributed by atoms with Crippen LogP contribution in [0.2, 0.25) is 0 Å². The highest BCUT2D eigenvalue weighted by atomic mass is 19.4. The topological polar surface area (TPSA) is 49.3 Å². The molecule has 0 aromatic heterocycles. The molecule has 3 atom stereocenters. The van der Waals surface area contributed by atoms with Crippen molar-refractivity contribution in [2.45, 2.75) is 44.4 Å². The second-order valence-electron chi connectivity index (χ2n) is 5.76. The molecule has 1 aliphatic carbocycles. The number of rotatable bonds is 6. The Hall–Kier alpha value is -1.56. The molecule has 2 N–H and O–H groups in total. The van der Waals surface area contributed by atoms with Crippen molar-refractivity contribution in [2.75, 3.05) is 6.54 Å². The summed E-state index contributed by atoms with van der Waals surface area (Å²) < 4.78 is 37.5. The predicted molar refractivity (Wildman–Crippen MR) is 76.2 cm³/mol. The van der Waals surface area contributed by atoms with Gasteiger partial charge in [0.1, 0.15) is 0 Å². The highest BCUT2D eigenvalue weighted by molar-refractivity contribution is 5.82. The second-order valence-corrected chi connectivity index (χ2v) is 5.76. The molecule has 0 bridgehead atoms. The van der Waals surface area contributed by atoms with E-state index in [0.717, 1.165) is 24.1 Å². The Morgan fingerprint density at radius 2 is 2.00 bits per heavy atom. The van der Waals surface area contributed by atoms with Gasteiger partial charge in [0, 0.05) is 12.5 Å². The van der Waals surface area contributed by atoms with E-state index >= 15 is 0 Å². The van der Waals surface area contributed by atoms with Crippen molar-refractivity contribution in [2.24, 2.45) is 5.92 Å². The van der Waals surface area contributed by atoms with Gasteiger partial charge in [0.25, 0.3) is 0 Å². The number of halogens is 3. The highest BCUT2D eigenvalue weighted by Gasteiger charge is 2.44. The molecule has 1 fully saturated rings. The van der Waals surface area contributed by atoms with Gasteiger partial charge in [-0.05, 0) is 36.5 Å². The van der Waals surface area contributed by atoms with Gasteiger partial charge >= 0.3 is 6.18 Å². The van der Waals surface area contributed by atoms with Crippen molar-refractivity contribution in [3.05, 3.63) is 35.4 Å². The normalized spacial score (nSPS) is 22.2. The zero-order valence-electron chi connectivity index (χ0n) is 12.4. The molecule has 1 saturated carbocycles. The SMILES string of the molecule is CCCC(O)CNC(=O)C1CC1c1ccc(C(F)(F)F)cc1. The van der Waals surface area contributed by atoms with Crippen molar-refractivity contribution in [1.82, 2.24) is 5.32 Å². The molecule has 22 heavy (non-hydrogen) atoms. The maximum Gasteiger partial charge on any atom is 0.416 e. The van der Waals surface area contributed by atoms with Crippen LogP contribution in [0.25, 0.3) is 0 Å². The molecular weight excluding hydrogens is 295 g/mol. The number of benzene rings is 1. The van der Waals surface area contributed by atoms with Crippen molar-refractivity contribution >= 4 is 5.91 Å². The van der Waals surface area contributed by atoms with Crippen LogP contribution in [-0.2, 0) is 11.0 Å². The summed E-state index contributed by atoms with van der Waals surface area (Å²) in [6.07, 6.45) is -2.77. The van der Waals surface area contributed by atoms with E-state index in [2.05, 4.69) is 5.32 Å². The van der Waals surface area contributed by atoms with E-state index in [1.807, 2.05) is 6.92 Å². The van der Waals surface area contributed by atoms with Crippen LogP contribution in [0.1, 0.15) is 43.2 Å². The summed E-state index contributed by atoms with van der Waals surface area (Å²) >= 11 is 0. The zero-order chi connectivity index (χ0) is 16.3. The minimum absolute atomic E-state index is 0.0226. The van der Waals surface area contributed by atoms with Crippen LogP contribution in [0.3, 0.4) is 0 Å². The first-order valence-electron chi connectivity index (χ1n) is 7.45. The van der Waals surface area contributed by atoms with E-state index in [9.17, 15) is 23.1 Å². The molecule has 0 aliphatic heterocycles. The summed E-state index contributed by atoms with van der Waals surface area (Å²) in [6, 6.07) is 4.97. The fourth-order valence-electron chi connectivity index (χ4n) is 2.56. The minimum atomic E-state index is -4.34. The number of amides is 1. The Labute approximate surface area is 127 Å². The second kappa shape index (κ2) is 6.69. The summed E-state index contributed by atoms with van der Waals surface area (Å²) in [5.74, 6) is -0.365. The summed E-state index contributed by atoms with van der Waals surface area (Å²) in [7, 11) is 0. The van der Waals surface area contributed by atoms with E-state index in [4.69, 9.17) is 0 Å². The molecule has 1 aliphatic rings. The summed E-state index contributed by atoms with van der Waals surface area (Å²) in [6.45, 7) is 2.18. The third-order valence-electron chi connectivity index (χ3n) is 3.93. The average Bonchev–Trinajstić information content (AvgIpc) is 3.25. The minimum Gasteiger partial charge on any atom is -0.391 e. The Kier molecular flexibility index (Phi) is 5.11. The summed E-state index contributed by atoms with van der Waals surface area (Å²) in [4.78, 5) is 11.9. The third kappa shape index (κ3) is 4.22. The van der Waals surface area contributed by atoms with Crippen LogP contribution in [0.4, 0.5) is 13.2 Å². The molecular formula is C16H20F3NO2. The fourth-order valence-corrected chi connectivity index (χ4v) is 2.56. The maximum absolute atomic E-state index is 12.5. The number of alkyl halides is 3. The molecule has 0 radical (unpaired) electrons. The number of carbonyl (C=O) groups excluding carboxylic acids is 1. The molecule has 1 aromatic carbocycles. The zero-order valence-corrected chi connectivity index (χ0v) is 12.4. The quantitative estimate of drug-likeness (QED) is 0.847. The van der Waals surface area contributed by atoms with E-state index in [1.165, 1.54) is 12.1 Å².